The molecule has 1 N–H and O–H groups in total. The van der Waals surface area contributed by atoms with E-state index in [1.165, 1.54) is 54.0 Å². The van der Waals surface area contributed by atoms with E-state index in [0.29, 0.717) is 12.0 Å². The van der Waals surface area contributed by atoms with Crippen LogP contribution < -0.4 is 10.2 Å². The van der Waals surface area contributed by atoms with Crippen LogP contribution >= 0.6 is 0 Å². The topological polar surface area (TPSA) is 45.6 Å². The van der Waals surface area contributed by atoms with Gasteiger partial charge in [0.1, 0.15) is 5.82 Å². The molecule has 1 aromatic heterocycles. The second-order valence-electron chi connectivity index (χ2n) is 9.75. The first-order valence-corrected chi connectivity index (χ1v) is 12.4. The molecule has 6 heteroatoms. The van der Waals surface area contributed by atoms with Crippen molar-refractivity contribution >= 4 is 5.82 Å². The molecule has 0 saturated carbocycles. The normalized spacial score (nSPS) is 20.3. The van der Waals surface area contributed by atoms with E-state index in [1.54, 1.807) is 0 Å². The highest BCUT2D eigenvalue weighted by Gasteiger charge is 2.24. The van der Waals surface area contributed by atoms with Crippen molar-refractivity contribution in [3.8, 4) is 0 Å². The third-order valence-corrected chi connectivity index (χ3v) is 7.05. The first-order valence-electron chi connectivity index (χ1n) is 12.4. The molecule has 0 spiro atoms. The molecule has 0 amide bonds. The number of aryl methyl sites for hydroxylation is 1. The van der Waals surface area contributed by atoms with Crippen molar-refractivity contribution in [1.29, 1.82) is 0 Å². The number of rotatable bonds is 8. The van der Waals surface area contributed by atoms with Crippen molar-refractivity contribution in [1.82, 2.24) is 20.0 Å². The molecule has 2 aliphatic heterocycles. The van der Waals surface area contributed by atoms with Gasteiger partial charge in [-0.15, -0.1) is 0 Å². The smallest absolute Gasteiger partial charge is 0.131 e. The zero-order chi connectivity index (χ0) is 22.5. The highest BCUT2D eigenvalue weighted by molar-refractivity contribution is 5.51. The highest BCUT2D eigenvalue weighted by atomic mass is 16.5. The van der Waals surface area contributed by atoms with Crippen LogP contribution in [0.25, 0.3) is 0 Å². The van der Waals surface area contributed by atoms with E-state index in [9.17, 15) is 0 Å². The first-order chi connectivity index (χ1) is 15.5. The lowest BCUT2D eigenvalue weighted by Gasteiger charge is -2.33. The highest BCUT2D eigenvalue weighted by Crippen LogP contribution is 2.29. The Morgan fingerprint density at radius 2 is 1.81 bits per heavy atom. The van der Waals surface area contributed by atoms with Crippen molar-refractivity contribution in [3.63, 3.8) is 0 Å². The second-order valence-corrected chi connectivity index (χ2v) is 9.75. The number of anilines is 1. The van der Waals surface area contributed by atoms with E-state index in [0.717, 1.165) is 45.9 Å². The Labute approximate surface area is 193 Å². The van der Waals surface area contributed by atoms with Crippen LogP contribution in [0.3, 0.4) is 0 Å². The number of piperidine rings is 1. The average molecular weight is 440 g/mol. The van der Waals surface area contributed by atoms with Gasteiger partial charge in [0.25, 0.3) is 0 Å². The number of likely N-dealkylation sites (tertiary alicyclic amines) is 1. The molecule has 2 saturated heterocycles. The predicted octanol–water partition coefficient (Wildman–Crippen LogP) is 4.04. The van der Waals surface area contributed by atoms with Crippen LogP contribution in [0, 0.1) is 0 Å². The van der Waals surface area contributed by atoms with Crippen LogP contribution in [-0.4, -0.2) is 53.6 Å². The molecule has 2 aliphatic rings. The lowest BCUT2D eigenvalue weighted by Crippen LogP contribution is -2.38. The molecular formula is C26H41N5O. The van der Waals surface area contributed by atoms with Crippen molar-refractivity contribution in [2.24, 2.45) is 7.05 Å². The molecule has 176 valence electrons. The first kappa shape index (κ1) is 23.3. The summed E-state index contributed by atoms with van der Waals surface area (Å²) in [4.78, 5) is 5.09. The SMILES string of the molecule is CC(C)c1nn(C)c(N2CCOCC2)c1CNCc1ccccc1CN1CCCCC1C. The van der Waals surface area contributed by atoms with Gasteiger partial charge in [0.2, 0.25) is 0 Å². The summed E-state index contributed by atoms with van der Waals surface area (Å²) >= 11 is 0. The third-order valence-electron chi connectivity index (χ3n) is 7.05. The van der Waals surface area contributed by atoms with E-state index in [1.807, 2.05) is 0 Å². The van der Waals surface area contributed by atoms with Gasteiger partial charge in [0.05, 0.1) is 18.9 Å². The largest absolute Gasteiger partial charge is 0.378 e. The minimum Gasteiger partial charge on any atom is -0.378 e. The second kappa shape index (κ2) is 10.8. The summed E-state index contributed by atoms with van der Waals surface area (Å²) in [5.41, 5.74) is 5.41. The van der Waals surface area contributed by atoms with Gasteiger partial charge in [0, 0.05) is 51.4 Å². The Kier molecular flexibility index (Phi) is 7.87. The minimum atomic E-state index is 0.403. The molecule has 3 heterocycles. The Morgan fingerprint density at radius 1 is 1.06 bits per heavy atom. The van der Waals surface area contributed by atoms with Crippen LogP contribution in [-0.2, 0) is 31.4 Å². The summed E-state index contributed by atoms with van der Waals surface area (Å²) in [6.07, 6.45) is 4.02. The Balaban J connectivity index is 1.47. The number of aromatic nitrogens is 2. The third kappa shape index (κ3) is 5.36. The molecule has 0 radical (unpaired) electrons. The van der Waals surface area contributed by atoms with Crippen molar-refractivity contribution < 1.29 is 4.74 Å². The van der Waals surface area contributed by atoms with Gasteiger partial charge in [-0.2, -0.15) is 5.10 Å². The quantitative estimate of drug-likeness (QED) is 0.672. The zero-order valence-electron chi connectivity index (χ0n) is 20.4. The van der Waals surface area contributed by atoms with E-state index in [4.69, 9.17) is 9.84 Å². The zero-order valence-corrected chi connectivity index (χ0v) is 20.4. The summed E-state index contributed by atoms with van der Waals surface area (Å²) in [6, 6.07) is 9.63. The van der Waals surface area contributed by atoms with Gasteiger partial charge >= 0.3 is 0 Å². The van der Waals surface area contributed by atoms with Crippen molar-refractivity contribution in [2.75, 3.05) is 37.7 Å². The number of hydrogen-bond acceptors (Lipinski definition) is 5. The molecular weight excluding hydrogens is 398 g/mol. The number of benzene rings is 1. The maximum atomic E-state index is 5.59. The van der Waals surface area contributed by atoms with Crippen molar-refractivity contribution in [2.45, 2.75) is 71.6 Å². The van der Waals surface area contributed by atoms with Crippen molar-refractivity contribution in [3.05, 3.63) is 46.6 Å². The van der Waals surface area contributed by atoms with E-state index in [-0.39, 0.29) is 0 Å². The van der Waals surface area contributed by atoms with Gasteiger partial charge in [-0.05, 0) is 43.4 Å². The monoisotopic (exact) mass is 439 g/mol. The van der Waals surface area contributed by atoms with Gasteiger partial charge in [-0.25, -0.2) is 0 Å². The van der Waals surface area contributed by atoms with E-state index < -0.39 is 0 Å². The average Bonchev–Trinajstić information content (AvgIpc) is 3.13. The fraction of sp³-hybridized carbons (Fsp3) is 0.654. The molecule has 32 heavy (non-hydrogen) atoms. The van der Waals surface area contributed by atoms with Crippen LogP contribution in [0.2, 0.25) is 0 Å². The van der Waals surface area contributed by atoms with Crippen LogP contribution in [0.15, 0.2) is 24.3 Å². The van der Waals surface area contributed by atoms with Gasteiger partial charge < -0.3 is 15.0 Å². The molecule has 0 bridgehead atoms. The van der Waals surface area contributed by atoms with Gasteiger partial charge in [-0.1, -0.05) is 44.5 Å². The fourth-order valence-electron chi connectivity index (χ4n) is 5.20. The maximum Gasteiger partial charge on any atom is 0.131 e. The van der Waals surface area contributed by atoms with Gasteiger partial charge in [-0.3, -0.25) is 9.58 Å². The Morgan fingerprint density at radius 3 is 2.53 bits per heavy atom. The molecule has 6 nitrogen and oxygen atoms in total. The molecule has 1 aromatic carbocycles. The van der Waals surface area contributed by atoms with Crippen LogP contribution in [0.5, 0.6) is 0 Å². The molecule has 2 aromatic rings. The fourth-order valence-corrected chi connectivity index (χ4v) is 5.20. The van der Waals surface area contributed by atoms with Crippen LogP contribution in [0.4, 0.5) is 5.82 Å². The molecule has 0 aliphatic carbocycles. The van der Waals surface area contributed by atoms with Gasteiger partial charge in [0.15, 0.2) is 0 Å². The number of nitrogens with zero attached hydrogens (tertiary/aromatic N) is 4. The number of morpholine rings is 1. The Bertz CT molecular complexity index is 871. The van der Waals surface area contributed by atoms with E-state index >= 15 is 0 Å². The lowest BCUT2D eigenvalue weighted by atomic mass is 10.0. The minimum absolute atomic E-state index is 0.403. The number of nitrogens with one attached hydrogen (secondary N) is 1. The number of hydrogen-bond donors (Lipinski definition) is 1. The lowest BCUT2D eigenvalue weighted by molar-refractivity contribution is 0.122. The standard InChI is InChI=1S/C26H41N5O/c1-20(2)25-24(26(29(4)28-25)30-13-15-32-16-14-30)18-27-17-22-10-5-6-11-23(22)19-31-12-8-7-9-21(31)3/h5-6,10-11,20-21,27H,7-9,12-19H2,1-4H3. The summed E-state index contributed by atoms with van der Waals surface area (Å²) in [5.74, 6) is 1.65. The predicted molar refractivity (Wildman–Crippen MR) is 131 cm³/mol. The Hall–Kier alpha value is -1.89. The molecule has 4 rings (SSSR count). The summed E-state index contributed by atoms with van der Waals surface area (Å²) in [5, 5.41) is 8.67. The summed E-state index contributed by atoms with van der Waals surface area (Å²) in [6.45, 7) is 14.3. The molecule has 2 fully saturated rings. The summed E-state index contributed by atoms with van der Waals surface area (Å²) in [7, 11) is 2.08. The molecule has 1 unspecified atom stereocenters. The van der Waals surface area contributed by atoms with Crippen LogP contribution in [0.1, 0.15) is 68.3 Å². The number of ether oxygens (including phenoxy) is 1. The maximum absolute atomic E-state index is 5.59. The molecule has 1 atom stereocenters. The van der Waals surface area contributed by atoms with E-state index in [2.05, 4.69) is 71.9 Å². The summed E-state index contributed by atoms with van der Waals surface area (Å²) < 4.78 is 7.66.